The Hall–Kier alpha value is -2.55. The Balaban J connectivity index is 2.09. The summed E-state index contributed by atoms with van der Waals surface area (Å²) in [4.78, 5) is 4.54. The summed E-state index contributed by atoms with van der Waals surface area (Å²) in [6, 6.07) is 17.6. The summed E-state index contributed by atoms with van der Waals surface area (Å²) in [5.41, 5.74) is 2.59. The van der Waals surface area contributed by atoms with E-state index in [-0.39, 0.29) is 0 Å². The second-order valence-corrected chi connectivity index (χ2v) is 4.10. The van der Waals surface area contributed by atoms with Gasteiger partial charge in [0, 0.05) is 5.56 Å². The largest absolute Gasteiger partial charge is 0.480 e. The number of hydrogen-bond acceptors (Lipinski definition) is 3. The highest BCUT2D eigenvalue weighted by Crippen LogP contribution is 2.27. The summed E-state index contributed by atoms with van der Waals surface area (Å²) in [5, 5.41) is 0. The molecule has 0 fully saturated rings. The number of rotatable bonds is 1. The smallest absolute Gasteiger partial charge is 0.224 e. The molecule has 0 saturated heterocycles. The van der Waals surface area contributed by atoms with Crippen LogP contribution in [0.2, 0.25) is 0 Å². The first-order chi connectivity index (χ1) is 9.38. The zero-order valence-electron chi connectivity index (χ0n) is 10.5. The molecule has 3 heteroatoms. The molecule has 0 spiro atoms. The van der Waals surface area contributed by atoms with Gasteiger partial charge in [0.25, 0.3) is 0 Å². The third-order valence-electron chi connectivity index (χ3n) is 2.90. The Labute approximate surface area is 111 Å². The van der Waals surface area contributed by atoms with Gasteiger partial charge >= 0.3 is 0 Å². The van der Waals surface area contributed by atoms with E-state index in [0.29, 0.717) is 5.90 Å². The van der Waals surface area contributed by atoms with E-state index in [1.54, 1.807) is 13.4 Å². The summed E-state index contributed by atoms with van der Waals surface area (Å²) in [5.74, 6) is 1.30. The second kappa shape index (κ2) is 4.98. The van der Waals surface area contributed by atoms with E-state index in [0.717, 1.165) is 22.6 Å². The zero-order chi connectivity index (χ0) is 13.1. The summed E-state index contributed by atoms with van der Waals surface area (Å²) >= 11 is 0. The van der Waals surface area contributed by atoms with E-state index < -0.39 is 0 Å². The van der Waals surface area contributed by atoms with Gasteiger partial charge in [-0.05, 0) is 12.1 Å². The minimum Gasteiger partial charge on any atom is -0.480 e. The fraction of sp³-hybridized carbons (Fsp3) is 0.0625. The molecule has 0 N–H and O–H groups in total. The van der Waals surface area contributed by atoms with Crippen molar-refractivity contribution in [2.45, 2.75) is 0 Å². The number of para-hydroxylation sites is 1. The molecule has 3 nitrogen and oxygen atoms in total. The first-order valence-electron chi connectivity index (χ1n) is 6.03. The Morgan fingerprint density at radius 1 is 0.947 bits per heavy atom. The van der Waals surface area contributed by atoms with Crippen LogP contribution in [-0.4, -0.2) is 13.0 Å². The molecule has 2 aromatic rings. The van der Waals surface area contributed by atoms with E-state index >= 15 is 0 Å². The molecule has 0 unspecified atom stereocenters. The van der Waals surface area contributed by atoms with E-state index in [1.165, 1.54) is 0 Å². The average Bonchev–Trinajstić information content (AvgIpc) is 2.68. The van der Waals surface area contributed by atoms with Gasteiger partial charge < -0.3 is 9.47 Å². The van der Waals surface area contributed by atoms with Gasteiger partial charge in [-0.15, -0.1) is 0 Å². The fourth-order valence-electron chi connectivity index (χ4n) is 1.96. The van der Waals surface area contributed by atoms with Crippen molar-refractivity contribution in [2.75, 3.05) is 7.11 Å². The van der Waals surface area contributed by atoms with Gasteiger partial charge in [-0.1, -0.05) is 42.5 Å². The molecule has 1 aliphatic heterocycles. The first kappa shape index (κ1) is 11.5. The van der Waals surface area contributed by atoms with Crippen LogP contribution in [0.3, 0.4) is 0 Å². The third kappa shape index (κ3) is 2.22. The van der Waals surface area contributed by atoms with Crippen molar-refractivity contribution in [3.63, 3.8) is 0 Å². The van der Waals surface area contributed by atoms with Gasteiger partial charge in [0.1, 0.15) is 17.7 Å². The first-order valence-corrected chi connectivity index (χ1v) is 6.03. The van der Waals surface area contributed by atoms with Gasteiger partial charge in [-0.25, -0.2) is 4.99 Å². The van der Waals surface area contributed by atoms with Crippen LogP contribution in [0.5, 0.6) is 5.75 Å². The van der Waals surface area contributed by atoms with Crippen molar-refractivity contribution in [2.24, 2.45) is 4.99 Å². The number of methoxy groups -OCH3 is 1. The van der Waals surface area contributed by atoms with Crippen molar-refractivity contribution in [3.8, 4) is 5.75 Å². The molecule has 0 radical (unpaired) electrons. The molecule has 94 valence electrons. The van der Waals surface area contributed by atoms with Crippen LogP contribution in [-0.2, 0) is 4.74 Å². The number of fused-ring (bicyclic) bond motifs is 1. The monoisotopic (exact) mass is 251 g/mol. The molecular weight excluding hydrogens is 238 g/mol. The molecule has 0 atom stereocenters. The lowest BCUT2D eigenvalue weighted by atomic mass is 10.2. The summed E-state index contributed by atoms with van der Waals surface area (Å²) in [7, 11) is 1.61. The Morgan fingerprint density at radius 3 is 2.47 bits per heavy atom. The lowest BCUT2D eigenvalue weighted by Crippen LogP contribution is -2.03. The predicted molar refractivity (Wildman–Crippen MR) is 75.0 cm³/mol. The molecule has 0 saturated carbocycles. The predicted octanol–water partition coefficient (Wildman–Crippen LogP) is 3.47. The van der Waals surface area contributed by atoms with Gasteiger partial charge in [-0.3, -0.25) is 0 Å². The van der Waals surface area contributed by atoms with Crippen LogP contribution in [0.15, 0.2) is 65.9 Å². The Kier molecular flexibility index (Phi) is 3.02. The summed E-state index contributed by atoms with van der Waals surface area (Å²) in [6.07, 6.45) is 1.65. The maximum atomic E-state index is 5.69. The number of nitrogens with zero attached hydrogens (tertiary/aromatic N) is 1. The maximum absolute atomic E-state index is 5.69. The van der Waals surface area contributed by atoms with E-state index in [9.17, 15) is 0 Å². The van der Waals surface area contributed by atoms with Crippen LogP contribution in [0.1, 0.15) is 11.1 Å². The molecule has 3 rings (SSSR count). The minimum absolute atomic E-state index is 0.559. The highest BCUT2D eigenvalue weighted by molar-refractivity contribution is 6.00. The molecule has 1 aliphatic rings. The van der Waals surface area contributed by atoms with Crippen molar-refractivity contribution in [1.82, 2.24) is 0 Å². The summed E-state index contributed by atoms with van der Waals surface area (Å²) < 4.78 is 11.1. The SMILES string of the molecule is COC1=NC(c2ccccc2)=COc2ccccc21. The zero-order valence-corrected chi connectivity index (χ0v) is 10.5. The van der Waals surface area contributed by atoms with E-state index in [1.807, 2.05) is 54.6 Å². The lowest BCUT2D eigenvalue weighted by molar-refractivity contribution is 0.403. The van der Waals surface area contributed by atoms with Crippen LogP contribution >= 0.6 is 0 Å². The van der Waals surface area contributed by atoms with Crippen LogP contribution in [0, 0.1) is 0 Å². The Morgan fingerprint density at radius 2 is 1.68 bits per heavy atom. The normalized spacial score (nSPS) is 13.5. The number of aliphatic imine (C=N–C) groups is 1. The van der Waals surface area contributed by atoms with Crippen molar-refractivity contribution >= 4 is 11.6 Å². The van der Waals surface area contributed by atoms with Gasteiger partial charge in [0.05, 0.1) is 12.7 Å². The topological polar surface area (TPSA) is 30.8 Å². The molecule has 0 aromatic heterocycles. The Bertz CT molecular complexity index is 645. The maximum Gasteiger partial charge on any atom is 0.224 e. The van der Waals surface area contributed by atoms with Gasteiger partial charge in [0.15, 0.2) is 0 Å². The lowest BCUT2D eigenvalue weighted by Gasteiger charge is -2.06. The van der Waals surface area contributed by atoms with Gasteiger partial charge in [0.2, 0.25) is 5.90 Å². The van der Waals surface area contributed by atoms with Crippen LogP contribution < -0.4 is 4.74 Å². The summed E-state index contributed by atoms with van der Waals surface area (Å²) in [6.45, 7) is 0. The molecule has 0 bridgehead atoms. The van der Waals surface area contributed by atoms with Gasteiger partial charge in [-0.2, -0.15) is 0 Å². The van der Waals surface area contributed by atoms with E-state index in [2.05, 4.69) is 4.99 Å². The average molecular weight is 251 g/mol. The molecule has 19 heavy (non-hydrogen) atoms. The number of ether oxygens (including phenoxy) is 2. The second-order valence-electron chi connectivity index (χ2n) is 4.10. The standard InChI is InChI=1S/C16H13NO2/c1-18-16-13-9-5-6-10-15(13)19-11-14(17-16)12-7-3-2-4-8-12/h2-11H,1H3. The number of hydrogen-bond donors (Lipinski definition) is 0. The quantitative estimate of drug-likeness (QED) is 0.777. The highest BCUT2D eigenvalue weighted by atomic mass is 16.5. The van der Waals surface area contributed by atoms with Crippen molar-refractivity contribution in [3.05, 3.63) is 72.0 Å². The molecule has 1 heterocycles. The van der Waals surface area contributed by atoms with Crippen LogP contribution in [0.4, 0.5) is 0 Å². The van der Waals surface area contributed by atoms with Crippen molar-refractivity contribution in [1.29, 1.82) is 0 Å². The molecule has 0 aliphatic carbocycles. The minimum atomic E-state index is 0.559. The molecule has 0 amide bonds. The van der Waals surface area contributed by atoms with E-state index in [4.69, 9.17) is 9.47 Å². The molecule has 2 aromatic carbocycles. The van der Waals surface area contributed by atoms with Crippen LogP contribution in [0.25, 0.3) is 5.70 Å². The fourth-order valence-corrected chi connectivity index (χ4v) is 1.96. The third-order valence-corrected chi connectivity index (χ3v) is 2.90. The number of benzene rings is 2. The van der Waals surface area contributed by atoms with Crippen molar-refractivity contribution < 1.29 is 9.47 Å². The highest BCUT2D eigenvalue weighted by Gasteiger charge is 2.15. The molecular formula is C16H13NO2.